The third-order valence-corrected chi connectivity index (χ3v) is 8.06. The molecular weight excluding hydrogens is 368 g/mol. The smallest absolute Gasteiger partial charge is 0.257 e. The first-order valence-corrected chi connectivity index (χ1v) is 11.6. The maximum absolute atomic E-state index is 12.4. The van der Waals surface area contributed by atoms with Crippen LogP contribution < -0.4 is 5.32 Å². The lowest BCUT2D eigenvalue weighted by Gasteiger charge is -2.23. The highest BCUT2D eigenvalue weighted by Crippen LogP contribution is 2.19. The average molecular weight is 388 g/mol. The van der Waals surface area contributed by atoms with Gasteiger partial charge < -0.3 is 10.2 Å². The summed E-state index contributed by atoms with van der Waals surface area (Å²) in [4.78, 5) is 22.0. The van der Waals surface area contributed by atoms with Gasteiger partial charge >= 0.3 is 0 Å². The van der Waals surface area contributed by atoms with Gasteiger partial charge in [-0.2, -0.15) is 0 Å². The van der Waals surface area contributed by atoms with Crippen molar-refractivity contribution in [2.24, 2.45) is 0 Å². The largest absolute Gasteiger partial charge is 0.350 e. The average Bonchev–Trinajstić information content (AvgIpc) is 3.08. The fourth-order valence-electron chi connectivity index (χ4n) is 3.05. The molecule has 0 bridgehead atoms. The van der Waals surface area contributed by atoms with Gasteiger partial charge in [0.05, 0.1) is 28.6 Å². The van der Waals surface area contributed by atoms with Gasteiger partial charge in [0.25, 0.3) is 5.91 Å². The number of sulfone groups is 2. The Morgan fingerprint density at radius 2 is 1.68 bits per heavy atom. The van der Waals surface area contributed by atoms with Crippen LogP contribution in [0.15, 0.2) is 12.4 Å². The van der Waals surface area contributed by atoms with E-state index in [1.54, 1.807) is 7.05 Å². The fourth-order valence-corrected chi connectivity index (χ4v) is 6.50. The molecular formula is C14H20N4O5S2. The first-order chi connectivity index (χ1) is 11.7. The number of carbonyl (C=O) groups is 1. The Kier molecular flexibility index (Phi) is 4.71. The van der Waals surface area contributed by atoms with Crippen molar-refractivity contribution in [3.05, 3.63) is 18.0 Å². The number of carbonyl (C=O) groups excluding carboxylic acids is 1. The maximum atomic E-state index is 12.4. The predicted molar refractivity (Wildman–Crippen MR) is 91.9 cm³/mol. The van der Waals surface area contributed by atoms with E-state index in [-0.39, 0.29) is 52.5 Å². The lowest BCUT2D eigenvalue weighted by molar-refractivity contribution is 0.0747. The molecule has 1 amide bonds. The third-order valence-electron chi connectivity index (χ3n) is 4.54. The molecule has 3 rings (SSSR count). The van der Waals surface area contributed by atoms with E-state index >= 15 is 0 Å². The van der Waals surface area contributed by atoms with E-state index < -0.39 is 19.7 Å². The molecule has 1 aromatic heterocycles. The van der Waals surface area contributed by atoms with Crippen molar-refractivity contribution < 1.29 is 21.6 Å². The van der Waals surface area contributed by atoms with Crippen LogP contribution in [0.1, 0.15) is 23.2 Å². The molecule has 25 heavy (non-hydrogen) atoms. The monoisotopic (exact) mass is 388 g/mol. The maximum Gasteiger partial charge on any atom is 0.257 e. The second-order valence-electron chi connectivity index (χ2n) is 6.51. The van der Waals surface area contributed by atoms with Gasteiger partial charge in [-0.05, 0) is 12.8 Å². The summed E-state index contributed by atoms with van der Waals surface area (Å²) in [7, 11) is -4.49. The molecule has 0 aliphatic carbocycles. The summed E-state index contributed by atoms with van der Waals surface area (Å²) in [6.45, 7) is 0. The van der Waals surface area contributed by atoms with E-state index in [1.807, 2.05) is 0 Å². The Hall–Kier alpha value is -1.75. The van der Waals surface area contributed by atoms with Crippen molar-refractivity contribution in [3.8, 4) is 0 Å². The zero-order valence-electron chi connectivity index (χ0n) is 13.8. The SMILES string of the molecule is CN(C(=O)c1cnc(NC2CCS(=O)(=O)C2)nc1)C1CCS(=O)(=O)C1. The molecule has 11 heteroatoms. The second kappa shape index (κ2) is 6.52. The third kappa shape index (κ3) is 4.27. The van der Waals surface area contributed by atoms with Crippen LogP contribution in [0.2, 0.25) is 0 Å². The molecule has 0 saturated carbocycles. The molecule has 9 nitrogen and oxygen atoms in total. The van der Waals surface area contributed by atoms with Crippen molar-refractivity contribution in [1.29, 1.82) is 0 Å². The van der Waals surface area contributed by atoms with Gasteiger partial charge in [-0.1, -0.05) is 0 Å². The van der Waals surface area contributed by atoms with Crippen LogP contribution in [0.4, 0.5) is 5.95 Å². The highest BCUT2D eigenvalue weighted by molar-refractivity contribution is 7.91. The normalized spacial score (nSPS) is 27.1. The van der Waals surface area contributed by atoms with E-state index in [2.05, 4.69) is 15.3 Å². The first kappa shape index (κ1) is 18.1. The molecule has 2 saturated heterocycles. The molecule has 0 radical (unpaired) electrons. The van der Waals surface area contributed by atoms with Gasteiger partial charge in [0, 0.05) is 31.5 Å². The Morgan fingerprint density at radius 1 is 1.08 bits per heavy atom. The van der Waals surface area contributed by atoms with E-state index in [0.29, 0.717) is 12.8 Å². The summed E-state index contributed by atoms with van der Waals surface area (Å²) >= 11 is 0. The van der Waals surface area contributed by atoms with Crippen LogP contribution in [-0.2, 0) is 19.7 Å². The summed E-state index contributed by atoms with van der Waals surface area (Å²) in [5.41, 5.74) is 0.261. The minimum absolute atomic E-state index is 0.0219. The molecule has 2 fully saturated rings. The van der Waals surface area contributed by atoms with Crippen molar-refractivity contribution in [2.45, 2.75) is 24.9 Å². The van der Waals surface area contributed by atoms with E-state index in [9.17, 15) is 21.6 Å². The molecule has 2 aliphatic heterocycles. The van der Waals surface area contributed by atoms with Crippen molar-refractivity contribution in [3.63, 3.8) is 0 Å². The topological polar surface area (TPSA) is 126 Å². The molecule has 2 aliphatic rings. The highest BCUT2D eigenvalue weighted by Gasteiger charge is 2.33. The number of aromatic nitrogens is 2. The number of nitrogens with one attached hydrogen (secondary N) is 1. The minimum atomic E-state index is -3.07. The molecule has 3 heterocycles. The number of hydrogen-bond acceptors (Lipinski definition) is 8. The molecule has 1 N–H and O–H groups in total. The predicted octanol–water partition coefficient (Wildman–Crippen LogP) is -0.665. The molecule has 0 spiro atoms. The van der Waals surface area contributed by atoms with Gasteiger partial charge in [0.2, 0.25) is 5.95 Å². The quantitative estimate of drug-likeness (QED) is 0.720. The lowest BCUT2D eigenvalue weighted by Crippen LogP contribution is -2.38. The van der Waals surface area contributed by atoms with Crippen LogP contribution in [-0.4, -0.2) is 79.8 Å². The first-order valence-electron chi connectivity index (χ1n) is 7.92. The fraction of sp³-hybridized carbons (Fsp3) is 0.643. The molecule has 0 aromatic carbocycles. The zero-order chi connectivity index (χ0) is 18.2. The van der Waals surface area contributed by atoms with Gasteiger partial charge in [-0.15, -0.1) is 0 Å². The minimum Gasteiger partial charge on any atom is -0.350 e. The van der Waals surface area contributed by atoms with Crippen LogP contribution in [0.5, 0.6) is 0 Å². The lowest BCUT2D eigenvalue weighted by atomic mass is 10.2. The van der Waals surface area contributed by atoms with E-state index in [1.165, 1.54) is 17.3 Å². The number of hydrogen-bond donors (Lipinski definition) is 1. The molecule has 138 valence electrons. The van der Waals surface area contributed by atoms with Gasteiger partial charge in [0.15, 0.2) is 19.7 Å². The number of rotatable bonds is 4. The van der Waals surface area contributed by atoms with Crippen LogP contribution in [0.25, 0.3) is 0 Å². The standard InChI is InChI=1S/C14H20N4O5S2/c1-18(12-3-5-25(22,23)9-12)13(19)10-6-15-14(16-7-10)17-11-2-4-24(20,21)8-11/h6-7,11-12H,2-5,8-9H2,1H3,(H,15,16,17). The van der Waals surface area contributed by atoms with Gasteiger partial charge in [-0.3, -0.25) is 4.79 Å². The van der Waals surface area contributed by atoms with Crippen LogP contribution in [0, 0.1) is 0 Å². The van der Waals surface area contributed by atoms with Crippen molar-refractivity contribution >= 4 is 31.5 Å². The Morgan fingerprint density at radius 3 is 2.20 bits per heavy atom. The van der Waals surface area contributed by atoms with Crippen molar-refractivity contribution in [1.82, 2.24) is 14.9 Å². The molecule has 2 unspecified atom stereocenters. The second-order valence-corrected chi connectivity index (χ2v) is 11.0. The Labute approximate surface area is 146 Å². The summed E-state index contributed by atoms with van der Waals surface area (Å²) in [5.74, 6) is 0.207. The Bertz CT molecular complexity index is 867. The van der Waals surface area contributed by atoms with Crippen LogP contribution in [0.3, 0.4) is 0 Å². The highest BCUT2D eigenvalue weighted by atomic mass is 32.2. The zero-order valence-corrected chi connectivity index (χ0v) is 15.4. The van der Waals surface area contributed by atoms with Crippen LogP contribution >= 0.6 is 0 Å². The van der Waals surface area contributed by atoms with Gasteiger partial charge in [-0.25, -0.2) is 26.8 Å². The van der Waals surface area contributed by atoms with E-state index in [0.717, 1.165) is 0 Å². The van der Waals surface area contributed by atoms with Crippen molar-refractivity contribution in [2.75, 3.05) is 35.4 Å². The summed E-state index contributed by atoms with van der Waals surface area (Å²) in [6, 6.07) is -0.558. The summed E-state index contributed by atoms with van der Waals surface area (Å²) in [6.07, 6.45) is 3.66. The Balaban J connectivity index is 1.63. The van der Waals surface area contributed by atoms with Gasteiger partial charge in [0.1, 0.15) is 0 Å². The number of nitrogens with zero attached hydrogens (tertiary/aromatic N) is 3. The molecule has 2 atom stereocenters. The molecule has 1 aromatic rings. The number of amides is 1. The summed E-state index contributed by atoms with van der Waals surface area (Å²) < 4.78 is 46.0. The number of anilines is 1. The summed E-state index contributed by atoms with van der Waals surface area (Å²) in [5, 5.41) is 2.95. The van der Waals surface area contributed by atoms with E-state index in [4.69, 9.17) is 0 Å².